The molecule has 1 amide bonds. The van der Waals surface area contributed by atoms with Gasteiger partial charge >= 0.3 is 5.97 Å². The number of ether oxygens (including phenoxy) is 1. The van der Waals surface area contributed by atoms with E-state index in [1.165, 1.54) is 31.4 Å². The third-order valence-electron chi connectivity index (χ3n) is 3.35. The summed E-state index contributed by atoms with van der Waals surface area (Å²) in [7, 11) is 1.52. The summed E-state index contributed by atoms with van der Waals surface area (Å²) in [5.74, 6) is -1.10. The van der Waals surface area contributed by atoms with Gasteiger partial charge in [-0.25, -0.2) is 4.79 Å². The summed E-state index contributed by atoms with van der Waals surface area (Å²) in [6.07, 6.45) is 2.85. The van der Waals surface area contributed by atoms with Gasteiger partial charge in [0.1, 0.15) is 5.75 Å². The van der Waals surface area contributed by atoms with Crippen molar-refractivity contribution in [2.75, 3.05) is 12.4 Å². The van der Waals surface area contributed by atoms with Crippen molar-refractivity contribution in [1.82, 2.24) is 5.32 Å². The van der Waals surface area contributed by atoms with Crippen molar-refractivity contribution in [2.45, 2.75) is 0 Å². The van der Waals surface area contributed by atoms with E-state index in [-0.39, 0.29) is 21.4 Å². The summed E-state index contributed by atoms with van der Waals surface area (Å²) >= 11 is 17.6. The zero-order valence-electron chi connectivity index (χ0n) is 14.3. The highest BCUT2D eigenvalue weighted by atomic mass is 79.9. The van der Waals surface area contributed by atoms with Crippen LogP contribution in [0.25, 0.3) is 6.08 Å². The molecule has 2 aromatic rings. The SMILES string of the molecule is COc1c(Br)cc(Br)cc1C=CC(=O)NC(=S)Nc1ccc(Cl)cc1C(=O)O. The van der Waals surface area contributed by atoms with Crippen LogP contribution >= 0.6 is 55.7 Å². The van der Waals surface area contributed by atoms with Crippen molar-refractivity contribution in [2.24, 2.45) is 0 Å². The number of carboxylic acids is 1. The van der Waals surface area contributed by atoms with E-state index in [1.807, 2.05) is 6.07 Å². The van der Waals surface area contributed by atoms with Crippen LogP contribution in [0.2, 0.25) is 5.02 Å². The van der Waals surface area contributed by atoms with Gasteiger partial charge in [-0.3, -0.25) is 10.1 Å². The molecule has 2 rings (SSSR count). The summed E-state index contributed by atoms with van der Waals surface area (Å²) in [6.45, 7) is 0. The number of methoxy groups -OCH3 is 1. The maximum absolute atomic E-state index is 12.1. The topological polar surface area (TPSA) is 87.7 Å². The average molecular weight is 549 g/mol. The number of nitrogens with one attached hydrogen (secondary N) is 2. The van der Waals surface area contributed by atoms with E-state index < -0.39 is 11.9 Å². The van der Waals surface area contributed by atoms with Gasteiger partial charge in [-0.15, -0.1) is 0 Å². The first-order chi connectivity index (χ1) is 13.2. The lowest BCUT2D eigenvalue weighted by atomic mass is 10.2. The molecule has 0 radical (unpaired) electrons. The first-order valence-corrected chi connectivity index (χ1v) is 9.94. The van der Waals surface area contributed by atoms with Gasteiger partial charge in [0.25, 0.3) is 0 Å². The number of amides is 1. The van der Waals surface area contributed by atoms with Crippen molar-refractivity contribution in [3.8, 4) is 5.75 Å². The Balaban J connectivity index is 2.09. The third kappa shape index (κ3) is 6.03. The molecule has 0 aliphatic rings. The number of benzene rings is 2. The van der Waals surface area contributed by atoms with Gasteiger partial charge in [0.05, 0.1) is 22.8 Å². The molecule has 0 saturated heterocycles. The van der Waals surface area contributed by atoms with Gasteiger partial charge in [0.15, 0.2) is 5.11 Å². The molecule has 0 aromatic heterocycles. The molecule has 0 aliphatic heterocycles. The summed E-state index contributed by atoms with van der Waals surface area (Å²) in [4.78, 5) is 23.4. The number of rotatable bonds is 5. The Kier molecular flexibility index (Phi) is 7.99. The number of halogens is 3. The fourth-order valence-corrected chi connectivity index (χ4v) is 4.00. The van der Waals surface area contributed by atoms with Gasteiger partial charge in [0.2, 0.25) is 5.91 Å². The van der Waals surface area contributed by atoms with E-state index in [4.69, 9.17) is 28.6 Å². The summed E-state index contributed by atoms with van der Waals surface area (Å²) in [5, 5.41) is 14.6. The predicted octanol–water partition coefficient (Wildman–Crippen LogP) is 5.10. The summed E-state index contributed by atoms with van der Waals surface area (Å²) < 4.78 is 6.85. The largest absolute Gasteiger partial charge is 0.495 e. The summed E-state index contributed by atoms with van der Waals surface area (Å²) in [6, 6.07) is 7.87. The Morgan fingerprint density at radius 2 is 1.96 bits per heavy atom. The Bertz CT molecular complexity index is 982. The molecule has 146 valence electrons. The van der Waals surface area contributed by atoms with Gasteiger partial charge in [-0.1, -0.05) is 27.5 Å². The number of carbonyl (C=O) groups excluding carboxylic acids is 1. The second-order valence-corrected chi connectivity index (χ2v) is 7.90. The maximum Gasteiger partial charge on any atom is 0.337 e. The minimum Gasteiger partial charge on any atom is -0.495 e. The second kappa shape index (κ2) is 10.0. The number of carboxylic acid groups (broad SMARTS) is 1. The van der Waals surface area contributed by atoms with Crippen LogP contribution in [0.1, 0.15) is 15.9 Å². The van der Waals surface area contributed by atoms with Crippen molar-refractivity contribution in [1.29, 1.82) is 0 Å². The second-order valence-electron chi connectivity index (χ2n) is 5.28. The van der Waals surface area contributed by atoms with Gasteiger partial charge in [-0.2, -0.15) is 0 Å². The first-order valence-electron chi connectivity index (χ1n) is 7.57. The first kappa shape index (κ1) is 22.4. The minimum absolute atomic E-state index is 0.0538. The van der Waals surface area contributed by atoms with E-state index in [9.17, 15) is 14.7 Å². The standard InChI is InChI=1S/C18H13Br2ClN2O4S/c1-27-16-9(6-10(19)7-13(16)20)2-5-15(24)23-18(28)22-14-4-3-11(21)8-12(14)17(25)26/h2-8H,1H3,(H,25,26)(H2,22,23,24,28). The van der Waals surface area contributed by atoms with Crippen LogP contribution in [-0.2, 0) is 4.79 Å². The molecule has 10 heteroatoms. The van der Waals surface area contributed by atoms with Crippen molar-refractivity contribution in [3.05, 3.63) is 61.5 Å². The number of hydrogen-bond donors (Lipinski definition) is 3. The molecule has 0 heterocycles. The molecule has 0 unspecified atom stereocenters. The monoisotopic (exact) mass is 546 g/mol. The molecular weight excluding hydrogens is 536 g/mol. The van der Waals surface area contributed by atoms with Crippen LogP contribution in [-0.4, -0.2) is 29.2 Å². The van der Waals surface area contributed by atoms with Crippen molar-refractivity contribution < 1.29 is 19.4 Å². The zero-order chi connectivity index (χ0) is 20.8. The molecule has 0 spiro atoms. The smallest absolute Gasteiger partial charge is 0.337 e. The van der Waals surface area contributed by atoms with Crippen LogP contribution in [0.5, 0.6) is 5.75 Å². The molecule has 0 fully saturated rings. The molecule has 3 N–H and O–H groups in total. The molecule has 28 heavy (non-hydrogen) atoms. The molecule has 0 atom stereocenters. The molecular formula is C18H13Br2ClN2O4S. The lowest BCUT2D eigenvalue weighted by molar-refractivity contribution is -0.115. The highest BCUT2D eigenvalue weighted by Crippen LogP contribution is 2.33. The van der Waals surface area contributed by atoms with Gasteiger partial charge < -0.3 is 15.2 Å². The highest BCUT2D eigenvalue weighted by molar-refractivity contribution is 9.11. The molecule has 6 nitrogen and oxygen atoms in total. The normalized spacial score (nSPS) is 10.6. The molecule has 0 bridgehead atoms. The maximum atomic E-state index is 12.1. The van der Waals surface area contributed by atoms with E-state index in [1.54, 1.807) is 12.1 Å². The number of thiocarbonyl (C=S) groups is 1. The lowest BCUT2D eigenvalue weighted by Gasteiger charge is -2.11. The Morgan fingerprint density at radius 1 is 1.25 bits per heavy atom. The number of anilines is 1. The fourth-order valence-electron chi connectivity index (χ4n) is 2.19. The van der Waals surface area contributed by atoms with Crippen molar-refractivity contribution in [3.63, 3.8) is 0 Å². The van der Waals surface area contributed by atoms with Crippen LogP contribution in [0.4, 0.5) is 5.69 Å². The summed E-state index contributed by atoms with van der Waals surface area (Å²) in [5.41, 5.74) is 0.816. The predicted molar refractivity (Wildman–Crippen MR) is 120 cm³/mol. The third-order valence-corrected chi connectivity index (χ3v) is 4.84. The van der Waals surface area contributed by atoms with E-state index >= 15 is 0 Å². The fraction of sp³-hybridized carbons (Fsp3) is 0.0556. The minimum atomic E-state index is -1.17. The van der Waals surface area contributed by atoms with E-state index in [2.05, 4.69) is 42.5 Å². The van der Waals surface area contributed by atoms with Gasteiger partial charge in [-0.05, 0) is 64.6 Å². The number of hydrogen-bond acceptors (Lipinski definition) is 4. The van der Waals surface area contributed by atoms with E-state index in [0.717, 1.165) is 8.95 Å². The lowest BCUT2D eigenvalue weighted by Crippen LogP contribution is -2.33. The molecule has 0 saturated carbocycles. The van der Waals surface area contributed by atoms with Crippen LogP contribution in [0.3, 0.4) is 0 Å². The van der Waals surface area contributed by atoms with Crippen LogP contribution in [0.15, 0.2) is 45.4 Å². The zero-order valence-corrected chi connectivity index (χ0v) is 19.0. The highest BCUT2D eigenvalue weighted by Gasteiger charge is 2.13. The Labute approximate surface area is 188 Å². The number of aromatic carboxylic acids is 1. The quantitative estimate of drug-likeness (QED) is 0.356. The van der Waals surface area contributed by atoms with Crippen molar-refractivity contribution >= 4 is 84.4 Å². The number of carbonyl (C=O) groups is 2. The molecule has 2 aromatic carbocycles. The molecule has 0 aliphatic carbocycles. The Morgan fingerprint density at radius 3 is 2.61 bits per heavy atom. The van der Waals surface area contributed by atoms with E-state index in [0.29, 0.717) is 11.3 Å². The van der Waals surface area contributed by atoms with Crippen LogP contribution < -0.4 is 15.4 Å². The van der Waals surface area contributed by atoms with Gasteiger partial charge in [0, 0.05) is 21.1 Å². The Hall–Kier alpha value is -1.94. The van der Waals surface area contributed by atoms with Crippen LogP contribution in [0, 0.1) is 0 Å². The average Bonchev–Trinajstić information content (AvgIpc) is 2.60.